The molecule has 0 saturated carbocycles. The largest absolute Gasteiger partial charge is 0.319 e. The van der Waals surface area contributed by atoms with Crippen LogP contribution in [-0.2, 0) is 18.4 Å². The molecule has 0 fully saturated rings. The van der Waals surface area contributed by atoms with Crippen molar-refractivity contribution < 1.29 is 4.79 Å². The van der Waals surface area contributed by atoms with E-state index >= 15 is 0 Å². The SMILES string of the molecule is CCCn1c(SCC(=O)Nc2c(C)n(C)n(-c3ccccc3)c2=O)nc2ccccc2c1=O. The predicted molar refractivity (Wildman–Crippen MR) is 131 cm³/mol. The Hall–Kier alpha value is -3.59. The van der Waals surface area contributed by atoms with Gasteiger partial charge in [0.05, 0.1) is 28.0 Å². The number of amides is 1. The highest BCUT2D eigenvalue weighted by Crippen LogP contribution is 2.19. The molecule has 2 heterocycles. The summed E-state index contributed by atoms with van der Waals surface area (Å²) in [7, 11) is 1.77. The zero-order valence-corrected chi connectivity index (χ0v) is 19.6. The van der Waals surface area contributed by atoms with Crippen LogP contribution in [0.25, 0.3) is 16.6 Å². The lowest BCUT2D eigenvalue weighted by Crippen LogP contribution is -2.25. The normalized spacial score (nSPS) is 11.1. The van der Waals surface area contributed by atoms with E-state index in [0.717, 1.165) is 6.42 Å². The summed E-state index contributed by atoms with van der Waals surface area (Å²) in [6.07, 6.45) is 0.766. The first kappa shape index (κ1) is 22.6. The molecule has 0 saturated heterocycles. The zero-order valence-electron chi connectivity index (χ0n) is 18.7. The maximum absolute atomic E-state index is 13.0. The summed E-state index contributed by atoms with van der Waals surface area (Å²) in [4.78, 5) is 43.3. The highest BCUT2D eigenvalue weighted by molar-refractivity contribution is 7.99. The van der Waals surface area contributed by atoms with Crippen molar-refractivity contribution in [1.82, 2.24) is 18.9 Å². The molecule has 8 nitrogen and oxygen atoms in total. The molecule has 0 atom stereocenters. The van der Waals surface area contributed by atoms with Crippen molar-refractivity contribution in [2.75, 3.05) is 11.1 Å². The molecule has 9 heteroatoms. The van der Waals surface area contributed by atoms with Crippen LogP contribution in [0.15, 0.2) is 69.3 Å². The number of carbonyl (C=O) groups is 1. The smallest absolute Gasteiger partial charge is 0.295 e. The Bertz CT molecular complexity index is 1440. The number of thioether (sulfide) groups is 1. The van der Waals surface area contributed by atoms with E-state index in [1.165, 1.54) is 16.4 Å². The maximum Gasteiger partial charge on any atom is 0.295 e. The number of hydrogen-bond acceptors (Lipinski definition) is 5. The van der Waals surface area contributed by atoms with Crippen LogP contribution in [0, 0.1) is 6.92 Å². The van der Waals surface area contributed by atoms with Gasteiger partial charge in [-0.1, -0.05) is 49.0 Å². The molecule has 0 aliphatic carbocycles. The van der Waals surface area contributed by atoms with Gasteiger partial charge in [-0.2, -0.15) is 0 Å². The fourth-order valence-corrected chi connectivity index (χ4v) is 4.52. The summed E-state index contributed by atoms with van der Waals surface area (Å²) < 4.78 is 4.84. The highest BCUT2D eigenvalue weighted by Gasteiger charge is 2.19. The number of rotatable bonds is 7. The van der Waals surface area contributed by atoms with E-state index in [1.807, 2.05) is 49.4 Å². The molecule has 0 bridgehead atoms. The number of fused-ring (bicyclic) bond motifs is 1. The second kappa shape index (κ2) is 9.50. The molecule has 4 aromatic rings. The average Bonchev–Trinajstić information content (AvgIpc) is 3.03. The van der Waals surface area contributed by atoms with Crippen LogP contribution < -0.4 is 16.4 Å². The Morgan fingerprint density at radius 1 is 1.03 bits per heavy atom. The van der Waals surface area contributed by atoms with E-state index in [1.54, 1.807) is 35.4 Å². The fourth-order valence-electron chi connectivity index (χ4n) is 3.70. The van der Waals surface area contributed by atoms with Gasteiger partial charge in [-0.05, 0) is 37.6 Å². The van der Waals surface area contributed by atoms with Gasteiger partial charge in [0.25, 0.3) is 11.1 Å². The second-order valence-electron chi connectivity index (χ2n) is 7.64. The van der Waals surface area contributed by atoms with Crippen molar-refractivity contribution in [3.05, 3.63) is 81.0 Å². The van der Waals surface area contributed by atoms with E-state index in [2.05, 4.69) is 10.3 Å². The van der Waals surface area contributed by atoms with Gasteiger partial charge in [-0.15, -0.1) is 0 Å². The van der Waals surface area contributed by atoms with Gasteiger partial charge in [0.1, 0.15) is 5.69 Å². The standard InChI is InChI=1S/C24H25N5O3S/c1-4-14-28-22(31)18-12-8-9-13-19(18)25-24(28)33-15-20(30)26-21-16(2)27(3)29(23(21)32)17-10-6-5-7-11-17/h5-13H,4,14-15H2,1-3H3,(H,26,30). The number of anilines is 1. The molecule has 0 aliphatic rings. The fraction of sp³-hybridized carbons (Fsp3) is 0.250. The number of benzene rings is 2. The molecule has 4 rings (SSSR count). The summed E-state index contributed by atoms with van der Waals surface area (Å²) in [5.74, 6) is -0.315. The van der Waals surface area contributed by atoms with Crippen LogP contribution in [0.1, 0.15) is 19.0 Å². The van der Waals surface area contributed by atoms with Crippen LogP contribution >= 0.6 is 11.8 Å². The molecule has 2 aromatic heterocycles. The quantitative estimate of drug-likeness (QED) is 0.335. The number of hydrogen-bond donors (Lipinski definition) is 1. The van der Waals surface area contributed by atoms with Gasteiger partial charge in [0, 0.05) is 13.6 Å². The van der Waals surface area contributed by atoms with Crippen LogP contribution in [0.2, 0.25) is 0 Å². The van der Waals surface area contributed by atoms with E-state index < -0.39 is 0 Å². The Labute approximate surface area is 194 Å². The van der Waals surface area contributed by atoms with Gasteiger partial charge in [0.15, 0.2) is 5.16 Å². The molecule has 0 unspecified atom stereocenters. The van der Waals surface area contributed by atoms with Crippen LogP contribution in [0.3, 0.4) is 0 Å². The lowest BCUT2D eigenvalue weighted by molar-refractivity contribution is -0.113. The molecule has 170 valence electrons. The predicted octanol–water partition coefficient (Wildman–Crippen LogP) is 3.34. The Kier molecular flexibility index (Phi) is 6.50. The topological polar surface area (TPSA) is 90.9 Å². The summed E-state index contributed by atoms with van der Waals surface area (Å²) in [5.41, 5.74) is 1.79. The Morgan fingerprint density at radius 2 is 1.73 bits per heavy atom. The number of aromatic nitrogens is 4. The van der Waals surface area contributed by atoms with Gasteiger partial charge in [-0.25, -0.2) is 9.67 Å². The van der Waals surface area contributed by atoms with E-state index in [9.17, 15) is 14.4 Å². The molecule has 0 spiro atoms. The number of nitrogens with zero attached hydrogens (tertiary/aromatic N) is 4. The van der Waals surface area contributed by atoms with Crippen LogP contribution in [0.5, 0.6) is 0 Å². The van der Waals surface area contributed by atoms with Crippen LogP contribution in [0.4, 0.5) is 5.69 Å². The molecule has 33 heavy (non-hydrogen) atoms. The number of nitrogens with one attached hydrogen (secondary N) is 1. The molecule has 1 amide bonds. The summed E-state index contributed by atoms with van der Waals surface area (Å²) in [6.45, 7) is 4.28. The van der Waals surface area contributed by atoms with Crippen molar-refractivity contribution in [3.63, 3.8) is 0 Å². The second-order valence-corrected chi connectivity index (χ2v) is 8.58. The van der Waals surface area contributed by atoms with E-state index in [-0.39, 0.29) is 28.5 Å². The first-order chi connectivity index (χ1) is 15.9. The van der Waals surface area contributed by atoms with Gasteiger partial charge >= 0.3 is 0 Å². The van der Waals surface area contributed by atoms with E-state index in [4.69, 9.17) is 0 Å². The zero-order chi connectivity index (χ0) is 23.5. The highest BCUT2D eigenvalue weighted by atomic mass is 32.2. The first-order valence-electron chi connectivity index (χ1n) is 10.7. The molecular weight excluding hydrogens is 438 g/mol. The monoisotopic (exact) mass is 463 g/mol. The minimum atomic E-state index is -0.337. The Morgan fingerprint density at radius 3 is 2.45 bits per heavy atom. The summed E-state index contributed by atoms with van der Waals surface area (Å²) in [5, 5.41) is 3.80. The molecular formula is C24H25N5O3S. The third-order valence-electron chi connectivity index (χ3n) is 5.42. The average molecular weight is 464 g/mol. The minimum Gasteiger partial charge on any atom is -0.319 e. The summed E-state index contributed by atoms with van der Waals surface area (Å²) in [6, 6.07) is 16.4. The van der Waals surface area contributed by atoms with Crippen molar-refractivity contribution in [3.8, 4) is 5.69 Å². The minimum absolute atomic E-state index is 0.0214. The van der Waals surface area contributed by atoms with Crippen molar-refractivity contribution in [2.45, 2.75) is 32.0 Å². The Balaban J connectivity index is 1.58. The van der Waals surface area contributed by atoms with Gasteiger partial charge in [0.2, 0.25) is 5.91 Å². The molecule has 0 aliphatic heterocycles. The lowest BCUT2D eigenvalue weighted by Gasteiger charge is -2.12. The van der Waals surface area contributed by atoms with Crippen molar-refractivity contribution in [1.29, 1.82) is 0 Å². The third-order valence-corrected chi connectivity index (χ3v) is 6.40. The van der Waals surface area contributed by atoms with Crippen molar-refractivity contribution in [2.24, 2.45) is 7.05 Å². The third kappa shape index (κ3) is 4.36. The number of para-hydroxylation sites is 2. The lowest BCUT2D eigenvalue weighted by atomic mass is 10.2. The first-order valence-corrected chi connectivity index (χ1v) is 11.7. The molecule has 1 N–H and O–H groups in total. The maximum atomic E-state index is 13.0. The molecule has 0 radical (unpaired) electrons. The molecule has 2 aromatic carbocycles. The van der Waals surface area contributed by atoms with E-state index in [0.29, 0.717) is 34.0 Å². The van der Waals surface area contributed by atoms with Crippen LogP contribution in [-0.4, -0.2) is 30.6 Å². The van der Waals surface area contributed by atoms with Gasteiger partial charge in [-0.3, -0.25) is 23.6 Å². The van der Waals surface area contributed by atoms with Crippen molar-refractivity contribution >= 4 is 34.3 Å². The summed E-state index contributed by atoms with van der Waals surface area (Å²) >= 11 is 1.19. The van der Waals surface area contributed by atoms with Gasteiger partial charge < -0.3 is 5.32 Å². The number of carbonyl (C=O) groups excluding carboxylic acids is 1.